The SMILES string of the molecule is CC(N)c1ccc(O)c2ccccc12.Cl. The fraction of sp³-hybridized carbons (Fsp3) is 0.167. The number of hydrogen-bond donors (Lipinski definition) is 2. The number of hydrogen-bond acceptors (Lipinski definition) is 2. The summed E-state index contributed by atoms with van der Waals surface area (Å²) in [6, 6.07) is 11.3. The Morgan fingerprint density at radius 3 is 2.27 bits per heavy atom. The van der Waals surface area contributed by atoms with Gasteiger partial charge in [0, 0.05) is 11.4 Å². The quantitative estimate of drug-likeness (QED) is 0.781. The molecule has 15 heavy (non-hydrogen) atoms. The van der Waals surface area contributed by atoms with Gasteiger partial charge in [0.2, 0.25) is 0 Å². The van der Waals surface area contributed by atoms with Gasteiger partial charge in [-0.3, -0.25) is 0 Å². The second-order valence-corrected chi connectivity index (χ2v) is 3.51. The van der Waals surface area contributed by atoms with E-state index in [0.717, 1.165) is 16.3 Å². The van der Waals surface area contributed by atoms with Crippen LogP contribution in [-0.2, 0) is 0 Å². The van der Waals surface area contributed by atoms with Crippen LogP contribution in [0.2, 0.25) is 0 Å². The molecule has 0 bridgehead atoms. The van der Waals surface area contributed by atoms with Crippen LogP contribution in [0.1, 0.15) is 18.5 Å². The normalized spacial score (nSPS) is 12.1. The summed E-state index contributed by atoms with van der Waals surface area (Å²) in [4.78, 5) is 0. The Hall–Kier alpha value is -1.25. The van der Waals surface area contributed by atoms with Crippen molar-refractivity contribution in [3.63, 3.8) is 0 Å². The van der Waals surface area contributed by atoms with Crippen LogP contribution in [0, 0.1) is 0 Å². The predicted octanol–water partition coefficient (Wildman–Crippen LogP) is 2.99. The molecule has 0 aliphatic rings. The Morgan fingerprint density at radius 2 is 1.67 bits per heavy atom. The third-order valence-corrected chi connectivity index (χ3v) is 2.43. The summed E-state index contributed by atoms with van der Waals surface area (Å²) in [7, 11) is 0. The molecular formula is C12H14ClNO. The molecule has 0 amide bonds. The summed E-state index contributed by atoms with van der Waals surface area (Å²) >= 11 is 0. The largest absolute Gasteiger partial charge is 0.507 e. The molecule has 80 valence electrons. The van der Waals surface area contributed by atoms with Crippen molar-refractivity contribution in [3.8, 4) is 5.75 Å². The van der Waals surface area contributed by atoms with Crippen LogP contribution in [0.5, 0.6) is 5.75 Å². The van der Waals surface area contributed by atoms with Gasteiger partial charge in [0.05, 0.1) is 0 Å². The lowest BCUT2D eigenvalue weighted by Crippen LogP contribution is -2.05. The molecule has 0 saturated carbocycles. The first-order valence-corrected chi connectivity index (χ1v) is 4.66. The first kappa shape index (κ1) is 11.8. The monoisotopic (exact) mass is 223 g/mol. The molecule has 0 spiro atoms. The topological polar surface area (TPSA) is 46.2 Å². The lowest BCUT2D eigenvalue weighted by Gasteiger charge is -2.10. The van der Waals surface area contributed by atoms with Crippen molar-refractivity contribution in [2.24, 2.45) is 5.73 Å². The highest BCUT2D eigenvalue weighted by Crippen LogP contribution is 2.29. The van der Waals surface area contributed by atoms with Gasteiger partial charge >= 0.3 is 0 Å². The first-order chi connectivity index (χ1) is 6.70. The maximum Gasteiger partial charge on any atom is 0.123 e. The van der Waals surface area contributed by atoms with Gasteiger partial charge in [0.25, 0.3) is 0 Å². The van der Waals surface area contributed by atoms with Gasteiger partial charge < -0.3 is 10.8 Å². The maximum atomic E-state index is 9.64. The van der Waals surface area contributed by atoms with Crippen LogP contribution in [-0.4, -0.2) is 5.11 Å². The highest BCUT2D eigenvalue weighted by atomic mass is 35.5. The number of benzene rings is 2. The Morgan fingerprint density at radius 1 is 1.07 bits per heavy atom. The average molecular weight is 224 g/mol. The van der Waals surface area contributed by atoms with E-state index in [1.807, 2.05) is 37.3 Å². The van der Waals surface area contributed by atoms with E-state index in [0.29, 0.717) is 5.75 Å². The summed E-state index contributed by atoms with van der Waals surface area (Å²) in [6.45, 7) is 1.94. The standard InChI is InChI=1S/C12H13NO.ClH/c1-8(13)9-6-7-12(14)11-5-3-2-4-10(9)11;/h2-8,14H,13H2,1H3;1H. The van der Waals surface area contributed by atoms with Crippen molar-refractivity contribution in [2.45, 2.75) is 13.0 Å². The number of nitrogens with two attached hydrogens (primary N) is 1. The lowest BCUT2D eigenvalue weighted by molar-refractivity contribution is 0.481. The lowest BCUT2D eigenvalue weighted by atomic mass is 9.99. The van der Waals surface area contributed by atoms with E-state index >= 15 is 0 Å². The van der Waals surface area contributed by atoms with E-state index in [4.69, 9.17) is 5.73 Å². The molecular weight excluding hydrogens is 210 g/mol. The van der Waals surface area contributed by atoms with E-state index in [9.17, 15) is 5.11 Å². The number of halogens is 1. The molecule has 0 heterocycles. The number of phenolic OH excluding ortho intramolecular Hbond substituents is 1. The molecule has 3 heteroatoms. The molecule has 1 unspecified atom stereocenters. The molecule has 2 nitrogen and oxygen atoms in total. The van der Waals surface area contributed by atoms with Crippen LogP contribution in [0.3, 0.4) is 0 Å². The highest BCUT2D eigenvalue weighted by Gasteiger charge is 2.06. The smallest absolute Gasteiger partial charge is 0.123 e. The predicted molar refractivity (Wildman–Crippen MR) is 65.5 cm³/mol. The fourth-order valence-corrected chi connectivity index (χ4v) is 1.70. The third-order valence-electron chi connectivity index (χ3n) is 2.43. The van der Waals surface area contributed by atoms with Crippen LogP contribution < -0.4 is 5.73 Å². The summed E-state index contributed by atoms with van der Waals surface area (Å²) in [5.41, 5.74) is 6.92. The Bertz CT molecular complexity index is 468. The van der Waals surface area contributed by atoms with E-state index in [1.54, 1.807) is 6.07 Å². The van der Waals surface area contributed by atoms with Gasteiger partial charge in [-0.2, -0.15) is 0 Å². The first-order valence-electron chi connectivity index (χ1n) is 4.66. The van der Waals surface area contributed by atoms with Crippen LogP contribution in [0.4, 0.5) is 0 Å². The van der Waals surface area contributed by atoms with Gasteiger partial charge in [-0.15, -0.1) is 12.4 Å². The maximum absolute atomic E-state index is 9.64. The van der Waals surface area contributed by atoms with E-state index in [-0.39, 0.29) is 18.4 Å². The number of fused-ring (bicyclic) bond motifs is 1. The molecule has 0 radical (unpaired) electrons. The highest BCUT2D eigenvalue weighted by molar-refractivity contribution is 5.91. The molecule has 0 saturated heterocycles. The molecule has 2 aromatic carbocycles. The van der Waals surface area contributed by atoms with E-state index in [2.05, 4.69) is 0 Å². The second-order valence-electron chi connectivity index (χ2n) is 3.51. The molecule has 2 rings (SSSR count). The van der Waals surface area contributed by atoms with Crippen molar-refractivity contribution in [3.05, 3.63) is 42.0 Å². The van der Waals surface area contributed by atoms with Crippen molar-refractivity contribution >= 4 is 23.2 Å². The Kier molecular flexibility index (Phi) is 3.56. The van der Waals surface area contributed by atoms with Crippen LogP contribution in [0.25, 0.3) is 10.8 Å². The minimum absolute atomic E-state index is 0. The molecule has 0 aliphatic heterocycles. The van der Waals surface area contributed by atoms with E-state index < -0.39 is 0 Å². The molecule has 2 aromatic rings. The molecule has 1 atom stereocenters. The van der Waals surface area contributed by atoms with Gasteiger partial charge in [0.1, 0.15) is 5.75 Å². The minimum Gasteiger partial charge on any atom is -0.507 e. The van der Waals surface area contributed by atoms with Crippen LogP contribution in [0.15, 0.2) is 36.4 Å². The molecule has 0 aliphatic carbocycles. The second kappa shape index (κ2) is 4.51. The number of phenols is 1. The third kappa shape index (κ3) is 2.06. The number of aromatic hydroxyl groups is 1. The summed E-state index contributed by atoms with van der Waals surface area (Å²) in [6.07, 6.45) is 0. The summed E-state index contributed by atoms with van der Waals surface area (Å²) < 4.78 is 0. The Labute approximate surface area is 95.1 Å². The van der Waals surface area contributed by atoms with E-state index in [1.165, 1.54) is 0 Å². The van der Waals surface area contributed by atoms with Crippen molar-refractivity contribution in [1.29, 1.82) is 0 Å². The van der Waals surface area contributed by atoms with Crippen molar-refractivity contribution in [1.82, 2.24) is 0 Å². The van der Waals surface area contributed by atoms with Gasteiger partial charge in [0.15, 0.2) is 0 Å². The van der Waals surface area contributed by atoms with Gasteiger partial charge in [-0.05, 0) is 23.9 Å². The van der Waals surface area contributed by atoms with Gasteiger partial charge in [-0.25, -0.2) is 0 Å². The van der Waals surface area contributed by atoms with Crippen LogP contribution >= 0.6 is 12.4 Å². The zero-order chi connectivity index (χ0) is 10.1. The molecule has 0 aromatic heterocycles. The minimum atomic E-state index is -0.0134. The van der Waals surface area contributed by atoms with Gasteiger partial charge in [-0.1, -0.05) is 30.3 Å². The van der Waals surface area contributed by atoms with Crippen molar-refractivity contribution in [2.75, 3.05) is 0 Å². The Balaban J connectivity index is 0.00000112. The zero-order valence-electron chi connectivity index (χ0n) is 8.47. The zero-order valence-corrected chi connectivity index (χ0v) is 9.29. The fourth-order valence-electron chi connectivity index (χ4n) is 1.70. The summed E-state index contributed by atoms with van der Waals surface area (Å²) in [5, 5.41) is 11.5. The summed E-state index contributed by atoms with van der Waals surface area (Å²) in [5.74, 6) is 0.310. The van der Waals surface area contributed by atoms with Crippen molar-refractivity contribution < 1.29 is 5.11 Å². The molecule has 3 N–H and O–H groups in total. The number of rotatable bonds is 1. The average Bonchev–Trinajstić information content (AvgIpc) is 2.18. The molecule has 0 fully saturated rings.